The highest BCUT2D eigenvalue weighted by molar-refractivity contribution is 7.11. The van der Waals surface area contributed by atoms with E-state index in [1.807, 2.05) is 18.4 Å². The number of allylic oxidation sites excluding steroid dienone is 1. The van der Waals surface area contributed by atoms with Crippen LogP contribution >= 0.6 is 22.9 Å². The summed E-state index contributed by atoms with van der Waals surface area (Å²) in [6.45, 7) is 1.96. The van der Waals surface area contributed by atoms with E-state index in [4.69, 9.17) is 21.1 Å². The molecule has 0 bridgehead atoms. The van der Waals surface area contributed by atoms with Gasteiger partial charge in [0.1, 0.15) is 23.9 Å². The summed E-state index contributed by atoms with van der Waals surface area (Å²) in [7, 11) is 0. The van der Waals surface area contributed by atoms with Crippen molar-refractivity contribution in [3.8, 4) is 11.5 Å². The maximum atomic E-state index is 13.8. The van der Waals surface area contributed by atoms with Crippen LogP contribution in [0.25, 0.3) is 6.08 Å². The number of ketones is 1. The summed E-state index contributed by atoms with van der Waals surface area (Å²) in [5, 5.41) is 2.27. The monoisotopic (exact) mass is 400 g/mol. The maximum absolute atomic E-state index is 13.8. The Balaban J connectivity index is 1.54. The molecule has 1 aliphatic rings. The average molecular weight is 401 g/mol. The molecule has 0 amide bonds. The minimum Gasteiger partial charge on any atom is -0.489 e. The molecule has 0 aliphatic carbocycles. The predicted octanol–water partition coefficient (Wildman–Crippen LogP) is 6.04. The minimum atomic E-state index is -0.424. The van der Waals surface area contributed by atoms with E-state index in [0.717, 1.165) is 10.4 Å². The predicted molar refractivity (Wildman–Crippen MR) is 104 cm³/mol. The zero-order chi connectivity index (χ0) is 19.0. The highest BCUT2D eigenvalue weighted by atomic mass is 35.5. The first kappa shape index (κ1) is 17.8. The summed E-state index contributed by atoms with van der Waals surface area (Å²) < 4.78 is 25.2. The normalized spacial score (nSPS) is 14.3. The number of thiophene rings is 1. The molecule has 0 saturated carbocycles. The Kier molecular flexibility index (Phi) is 4.72. The van der Waals surface area contributed by atoms with Gasteiger partial charge in [0.05, 0.1) is 10.6 Å². The van der Waals surface area contributed by atoms with Crippen molar-refractivity contribution in [1.29, 1.82) is 0 Å². The van der Waals surface area contributed by atoms with E-state index < -0.39 is 5.82 Å². The van der Waals surface area contributed by atoms with Gasteiger partial charge in [0.15, 0.2) is 5.76 Å². The average Bonchev–Trinajstić information content (AvgIpc) is 3.18. The zero-order valence-corrected chi connectivity index (χ0v) is 15.9. The molecule has 1 aliphatic heterocycles. The number of ether oxygens (including phenoxy) is 2. The van der Waals surface area contributed by atoms with Crippen LogP contribution in [-0.4, -0.2) is 5.78 Å². The van der Waals surface area contributed by atoms with E-state index in [-0.39, 0.29) is 23.7 Å². The first-order valence-corrected chi connectivity index (χ1v) is 9.47. The fourth-order valence-corrected chi connectivity index (χ4v) is 3.80. The number of carbonyl (C=O) groups is 1. The van der Waals surface area contributed by atoms with Crippen LogP contribution in [0.1, 0.15) is 26.4 Å². The Bertz CT molecular complexity index is 1050. The smallest absolute Gasteiger partial charge is 0.232 e. The highest BCUT2D eigenvalue weighted by Gasteiger charge is 2.28. The minimum absolute atomic E-state index is 0.0185. The molecule has 136 valence electrons. The van der Waals surface area contributed by atoms with E-state index in [1.54, 1.807) is 47.7 Å². The van der Waals surface area contributed by atoms with Gasteiger partial charge in [-0.05, 0) is 48.2 Å². The summed E-state index contributed by atoms with van der Waals surface area (Å²) in [5.74, 6) is 0.588. The van der Waals surface area contributed by atoms with Crippen LogP contribution in [0.5, 0.6) is 11.5 Å². The van der Waals surface area contributed by atoms with Gasteiger partial charge < -0.3 is 9.47 Å². The van der Waals surface area contributed by atoms with Gasteiger partial charge in [0.25, 0.3) is 0 Å². The molecule has 3 aromatic rings. The van der Waals surface area contributed by atoms with Gasteiger partial charge in [-0.1, -0.05) is 17.7 Å². The molecule has 0 N–H and O–H groups in total. The van der Waals surface area contributed by atoms with Crippen molar-refractivity contribution in [1.82, 2.24) is 0 Å². The lowest BCUT2D eigenvalue weighted by Crippen LogP contribution is -1.99. The molecular weight excluding hydrogens is 387 g/mol. The van der Waals surface area contributed by atoms with E-state index in [0.29, 0.717) is 22.1 Å². The number of halogens is 2. The van der Waals surface area contributed by atoms with Crippen LogP contribution < -0.4 is 9.47 Å². The van der Waals surface area contributed by atoms with Crippen LogP contribution in [-0.2, 0) is 6.61 Å². The van der Waals surface area contributed by atoms with Gasteiger partial charge in [0, 0.05) is 22.6 Å². The topological polar surface area (TPSA) is 35.5 Å². The SMILES string of the molecule is Cc1ccsc1/C=C1\Oc2cc(OCc3c(F)cccc3Cl)ccc2C1=O. The molecule has 2 aromatic carbocycles. The first-order valence-electron chi connectivity index (χ1n) is 8.21. The van der Waals surface area contributed by atoms with Gasteiger partial charge in [0.2, 0.25) is 5.78 Å². The van der Waals surface area contributed by atoms with E-state index >= 15 is 0 Å². The van der Waals surface area contributed by atoms with Crippen LogP contribution in [0, 0.1) is 12.7 Å². The van der Waals surface area contributed by atoms with E-state index in [1.165, 1.54) is 6.07 Å². The first-order chi connectivity index (χ1) is 13.0. The molecule has 3 nitrogen and oxygen atoms in total. The lowest BCUT2D eigenvalue weighted by molar-refractivity contribution is 0.101. The molecule has 6 heteroatoms. The molecule has 0 saturated heterocycles. The summed E-state index contributed by atoms with van der Waals surface area (Å²) in [4.78, 5) is 13.5. The van der Waals surface area contributed by atoms with E-state index in [9.17, 15) is 9.18 Å². The third-order valence-electron chi connectivity index (χ3n) is 4.25. The third kappa shape index (κ3) is 3.48. The van der Waals surface area contributed by atoms with Crippen molar-refractivity contribution < 1.29 is 18.7 Å². The lowest BCUT2D eigenvalue weighted by Gasteiger charge is -2.09. The summed E-state index contributed by atoms with van der Waals surface area (Å²) in [6, 6.07) is 11.4. The number of fused-ring (bicyclic) bond motifs is 1. The van der Waals surface area contributed by atoms with Crippen molar-refractivity contribution in [2.75, 3.05) is 0 Å². The van der Waals surface area contributed by atoms with Crippen LogP contribution in [0.2, 0.25) is 5.02 Å². The van der Waals surface area contributed by atoms with Gasteiger partial charge in [-0.2, -0.15) is 0 Å². The third-order valence-corrected chi connectivity index (χ3v) is 5.57. The van der Waals surface area contributed by atoms with Gasteiger partial charge >= 0.3 is 0 Å². The van der Waals surface area contributed by atoms with E-state index in [2.05, 4.69) is 0 Å². The number of hydrogen-bond donors (Lipinski definition) is 0. The molecule has 0 radical (unpaired) electrons. The molecule has 1 aromatic heterocycles. The van der Waals surface area contributed by atoms with Crippen LogP contribution in [0.3, 0.4) is 0 Å². The highest BCUT2D eigenvalue weighted by Crippen LogP contribution is 2.36. The number of aryl methyl sites for hydroxylation is 1. The number of Topliss-reactive ketones (excluding diaryl/α,β-unsaturated/α-hetero) is 1. The zero-order valence-electron chi connectivity index (χ0n) is 14.3. The second-order valence-electron chi connectivity index (χ2n) is 6.05. The van der Waals surface area contributed by atoms with Crippen LogP contribution in [0.4, 0.5) is 4.39 Å². The second-order valence-corrected chi connectivity index (χ2v) is 7.41. The second kappa shape index (κ2) is 7.18. The van der Waals surface area contributed by atoms with Gasteiger partial charge in [-0.3, -0.25) is 4.79 Å². The fraction of sp³-hybridized carbons (Fsp3) is 0.0952. The Morgan fingerprint density at radius 1 is 1.26 bits per heavy atom. The molecular formula is C21H14ClFO3S. The lowest BCUT2D eigenvalue weighted by atomic mass is 10.1. The summed E-state index contributed by atoms with van der Waals surface area (Å²) in [5.41, 5.74) is 1.85. The molecule has 27 heavy (non-hydrogen) atoms. The molecule has 4 rings (SSSR count). The van der Waals surface area contributed by atoms with Gasteiger partial charge in [-0.15, -0.1) is 11.3 Å². The van der Waals surface area contributed by atoms with Crippen LogP contribution in [0.15, 0.2) is 53.6 Å². The molecule has 0 unspecified atom stereocenters. The molecule has 0 fully saturated rings. The molecule has 0 spiro atoms. The fourth-order valence-electron chi connectivity index (χ4n) is 2.73. The Labute approximate surface area is 164 Å². The maximum Gasteiger partial charge on any atom is 0.232 e. The summed E-state index contributed by atoms with van der Waals surface area (Å²) in [6.07, 6.45) is 1.75. The number of hydrogen-bond acceptors (Lipinski definition) is 4. The van der Waals surface area contributed by atoms with Crippen molar-refractivity contribution in [3.63, 3.8) is 0 Å². The number of benzene rings is 2. The number of carbonyl (C=O) groups excluding carboxylic acids is 1. The Morgan fingerprint density at radius 2 is 2.11 bits per heavy atom. The van der Waals surface area contributed by atoms with Gasteiger partial charge in [-0.25, -0.2) is 4.39 Å². The molecule has 2 heterocycles. The van der Waals surface area contributed by atoms with Crippen molar-refractivity contribution in [3.05, 3.63) is 86.0 Å². The van der Waals surface area contributed by atoms with Crippen molar-refractivity contribution in [2.45, 2.75) is 13.5 Å². The largest absolute Gasteiger partial charge is 0.489 e. The Hall–Kier alpha value is -2.63. The molecule has 0 atom stereocenters. The Morgan fingerprint density at radius 3 is 2.85 bits per heavy atom. The summed E-state index contributed by atoms with van der Waals surface area (Å²) >= 11 is 7.56. The number of rotatable bonds is 4. The van der Waals surface area contributed by atoms with Crippen molar-refractivity contribution in [2.24, 2.45) is 0 Å². The van der Waals surface area contributed by atoms with Crippen molar-refractivity contribution >= 4 is 34.8 Å². The quantitative estimate of drug-likeness (QED) is 0.500. The standard InChI is InChI=1S/C21H14ClFO3S/c1-12-7-8-27-20(12)10-19-21(24)14-6-5-13(9-18(14)26-19)25-11-15-16(22)3-2-4-17(15)23/h2-10H,11H2,1H3/b19-10-.